The van der Waals surface area contributed by atoms with E-state index in [1.807, 2.05) is 21.9 Å². The van der Waals surface area contributed by atoms with E-state index in [2.05, 4.69) is 0 Å². The van der Waals surface area contributed by atoms with Crippen molar-refractivity contribution in [1.82, 2.24) is 9.80 Å². The van der Waals surface area contributed by atoms with Gasteiger partial charge in [-0.05, 0) is 61.6 Å². The highest BCUT2D eigenvalue weighted by Crippen LogP contribution is 2.28. The highest BCUT2D eigenvalue weighted by atomic mass is 35.5. The van der Waals surface area contributed by atoms with Crippen LogP contribution in [0.25, 0.3) is 0 Å². The van der Waals surface area contributed by atoms with E-state index in [4.69, 9.17) is 16.3 Å². The zero-order chi connectivity index (χ0) is 23.9. The Morgan fingerprint density at radius 2 is 1.68 bits per heavy atom. The van der Waals surface area contributed by atoms with Crippen LogP contribution in [-0.4, -0.2) is 53.9 Å². The summed E-state index contributed by atoms with van der Waals surface area (Å²) in [5, 5.41) is 0.638. The van der Waals surface area contributed by atoms with Gasteiger partial charge in [-0.1, -0.05) is 29.8 Å². The molecular weight excluding hydrogens is 455 g/mol. The van der Waals surface area contributed by atoms with Crippen molar-refractivity contribution in [3.8, 4) is 5.75 Å². The summed E-state index contributed by atoms with van der Waals surface area (Å²) in [6.45, 7) is 2.63. The number of carbonyl (C=O) groups excluding carboxylic acids is 2. The summed E-state index contributed by atoms with van der Waals surface area (Å²) in [6, 6.07) is 13.8. The summed E-state index contributed by atoms with van der Waals surface area (Å²) in [5.41, 5.74) is 0.550. The van der Waals surface area contributed by atoms with Gasteiger partial charge in [0.1, 0.15) is 17.7 Å². The van der Waals surface area contributed by atoms with Crippen molar-refractivity contribution >= 4 is 23.4 Å². The van der Waals surface area contributed by atoms with Crippen molar-refractivity contribution in [3.63, 3.8) is 0 Å². The van der Waals surface area contributed by atoms with Crippen LogP contribution in [0, 0.1) is 11.7 Å². The van der Waals surface area contributed by atoms with Gasteiger partial charge in [0.15, 0.2) is 0 Å². The Morgan fingerprint density at radius 3 is 2.41 bits per heavy atom. The van der Waals surface area contributed by atoms with Crippen LogP contribution in [0.5, 0.6) is 5.75 Å². The van der Waals surface area contributed by atoms with Crippen molar-refractivity contribution in [3.05, 3.63) is 64.9 Å². The average Bonchev–Trinajstić information content (AvgIpc) is 2.86. The van der Waals surface area contributed by atoms with Gasteiger partial charge in [-0.3, -0.25) is 9.59 Å². The number of likely N-dealkylation sites (tertiary alicyclic amines) is 2. The number of ether oxygens (including phenoxy) is 1. The van der Waals surface area contributed by atoms with Gasteiger partial charge in [-0.25, -0.2) is 4.39 Å². The Morgan fingerprint density at radius 1 is 0.941 bits per heavy atom. The molecule has 2 aliphatic rings. The molecule has 0 spiro atoms. The fourth-order valence-corrected chi connectivity index (χ4v) is 5.00. The van der Waals surface area contributed by atoms with Gasteiger partial charge < -0.3 is 14.5 Å². The van der Waals surface area contributed by atoms with Crippen LogP contribution >= 0.6 is 11.6 Å². The standard InChI is InChI=1S/C27H32ClFN2O3/c28-22-9-11-23(12-10-22)34-25-14-17-31(26(32)13-8-20-6-2-3-7-24(20)29)19-21(25)18-27(33)30-15-4-1-5-16-30/h2-3,6-7,9-12,21,25H,1,4-5,8,13-19H2/t21-,25-/m0/s1. The lowest BCUT2D eigenvalue weighted by molar-refractivity contribution is -0.139. The fourth-order valence-electron chi connectivity index (χ4n) is 4.87. The number of hydrogen-bond donors (Lipinski definition) is 0. The Hall–Kier alpha value is -2.60. The Bertz CT molecular complexity index is 978. The SMILES string of the molecule is O=C(C[C@H]1CN(C(=O)CCc2ccccc2F)CC[C@@H]1Oc1ccc(Cl)cc1)N1CCCCC1. The summed E-state index contributed by atoms with van der Waals surface area (Å²) < 4.78 is 20.2. The van der Waals surface area contributed by atoms with E-state index in [1.165, 1.54) is 12.5 Å². The van der Waals surface area contributed by atoms with Gasteiger partial charge in [0, 0.05) is 56.4 Å². The maximum Gasteiger partial charge on any atom is 0.223 e. The quantitative estimate of drug-likeness (QED) is 0.546. The van der Waals surface area contributed by atoms with Crippen molar-refractivity contribution in [2.75, 3.05) is 26.2 Å². The molecule has 7 heteroatoms. The molecular formula is C27H32ClFN2O3. The van der Waals surface area contributed by atoms with Crippen LogP contribution in [0.3, 0.4) is 0 Å². The molecule has 2 amide bonds. The number of halogens is 2. The molecule has 182 valence electrons. The second kappa shape index (κ2) is 11.7. The highest BCUT2D eigenvalue weighted by Gasteiger charge is 2.35. The van der Waals surface area contributed by atoms with Crippen molar-refractivity contribution in [1.29, 1.82) is 0 Å². The predicted molar refractivity (Wildman–Crippen MR) is 130 cm³/mol. The number of hydrogen-bond acceptors (Lipinski definition) is 3. The van der Waals surface area contributed by atoms with Gasteiger partial charge in [-0.2, -0.15) is 0 Å². The number of benzene rings is 2. The maximum absolute atomic E-state index is 14.0. The van der Waals surface area contributed by atoms with Gasteiger partial charge in [0.2, 0.25) is 11.8 Å². The second-order valence-corrected chi connectivity index (χ2v) is 9.67. The zero-order valence-corrected chi connectivity index (χ0v) is 20.2. The number of rotatable bonds is 7. The molecule has 0 radical (unpaired) electrons. The predicted octanol–water partition coefficient (Wildman–Crippen LogP) is 5.11. The molecule has 34 heavy (non-hydrogen) atoms. The number of amides is 2. The van der Waals surface area contributed by atoms with Crippen LogP contribution in [0.4, 0.5) is 4.39 Å². The Balaban J connectivity index is 1.41. The molecule has 0 aliphatic carbocycles. The van der Waals surface area contributed by atoms with Gasteiger partial charge >= 0.3 is 0 Å². The maximum atomic E-state index is 14.0. The summed E-state index contributed by atoms with van der Waals surface area (Å²) >= 11 is 6.00. The number of piperidine rings is 2. The van der Waals surface area contributed by atoms with Crippen LogP contribution in [-0.2, 0) is 16.0 Å². The van der Waals surface area contributed by atoms with Crippen LogP contribution in [0.1, 0.15) is 44.1 Å². The van der Waals surface area contributed by atoms with E-state index in [1.54, 1.807) is 30.3 Å². The van der Waals surface area contributed by atoms with Gasteiger partial charge in [0.25, 0.3) is 0 Å². The van der Waals surface area contributed by atoms with Crippen molar-refractivity contribution in [2.24, 2.45) is 5.92 Å². The minimum Gasteiger partial charge on any atom is -0.490 e. The largest absolute Gasteiger partial charge is 0.490 e. The molecule has 2 fully saturated rings. The summed E-state index contributed by atoms with van der Waals surface area (Å²) in [7, 11) is 0. The lowest BCUT2D eigenvalue weighted by atomic mass is 9.90. The van der Waals surface area contributed by atoms with Crippen LogP contribution in [0.15, 0.2) is 48.5 Å². The monoisotopic (exact) mass is 486 g/mol. The molecule has 2 saturated heterocycles. The van der Waals surface area contributed by atoms with Gasteiger partial charge in [-0.15, -0.1) is 0 Å². The Labute approximate surface area is 205 Å². The van der Waals surface area contributed by atoms with E-state index in [-0.39, 0.29) is 36.1 Å². The molecule has 2 atom stereocenters. The number of nitrogens with zero attached hydrogens (tertiary/aromatic N) is 2. The fraction of sp³-hybridized carbons (Fsp3) is 0.481. The topological polar surface area (TPSA) is 49.9 Å². The summed E-state index contributed by atoms with van der Waals surface area (Å²) in [4.78, 5) is 29.8. The molecule has 0 unspecified atom stereocenters. The molecule has 2 aliphatic heterocycles. The molecule has 0 N–H and O–H groups in total. The highest BCUT2D eigenvalue weighted by molar-refractivity contribution is 6.30. The molecule has 5 nitrogen and oxygen atoms in total. The summed E-state index contributed by atoms with van der Waals surface area (Å²) in [5.74, 6) is 0.453. The number of aryl methyl sites for hydroxylation is 1. The first-order valence-corrected chi connectivity index (χ1v) is 12.6. The molecule has 2 aromatic rings. The van der Waals surface area contributed by atoms with Crippen LogP contribution in [0.2, 0.25) is 5.02 Å². The average molecular weight is 487 g/mol. The van der Waals surface area contributed by atoms with Gasteiger partial charge in [0.05, 0.1) is 0 Å². The minimum absolute atomic E-state index is 0.0105. The third kappa shape index (κ3) is 6.50. The third-order valence-electron chi connectivity index (χ3n) is 6.83. The summed E-state index contributed by atoms with van der Waals surface area (Å²) in [6.07, 6.45) is 4.70. The first-order valence-electron chi connectivity index (χ1n) is 12.2. The normalized spacial score (nSPS) is 20.8. The number of carbonyl (C=O) groups is 2. The molecule has 0 aromatic heterocycles. The molecule has 2 aromatic carbocycles. The molecule has 2 heterocycles. The molecule has 4 rings (SSSR count). The molecule has 0 saturated carbocycles. The zero-order valence-electron chi connectivity index (χ0n) is 19.4. The first kappa shape index (κ1) is 24.5. The van der Waals surface area contributed by atoms with E-state index in [0.29, 0.717) is 48.7 Å². The minimum atomic E-state index is -0.282. The van der Waals surface area contributed by atoms with E-state index >= 15 is 0 Å². The lowest BCUT2D eigenvalue weighted by Crippen LogP contribution is -2.50. The smallest absolute Gasteiger partial charge is 0.223 e. The lowest BCUT2D eigenvalue weighted by Gasteiger charge is -2.39. The third-order valence-corrected chi connectivity index (χ3v) is 7.08. The van der Waals surface area contributed by atoms with E-state index in [9.17, 15) is 14.0 Å². The van der Waals surface area contributed by atoms with E-state index < -0.39 is 0 Å². The van der Waals surface area contributed by atoms with Crippen molar-refractivity contribution < 1.29 is 18.7 Å². The van der Waals surface area contributed by atoms with Crippen LogP contribution < -0.4 is 4.74 Å². The van der Waals surface area contributed by atoms with Crippen molar-refractivity contribution in [2.45, 2.75) is 51.0 Å². The molecule has 0 bridgehead atoms. The second-order valence-electron chi connectivity index (χ2n) is 9.24. The van der Waals surface area contributed by atoms with E-state index in [0.717, 1.165) is 25.9 Å². The first-order chi connectivity index (χ1) is 16.5. The Kier molecular flexibility index (Phi) is 8.44.